The fourth-order valence-corrected chi connectivity index (χ4v) is 3.79. The number of halogens is 2. The minimum Gasteiger partial charge on any atom is -0.378 e. The normalized spacial score (nSPS) is 15.8. The topological polar surface area (TPSA) is 55.6 Å². The van der Waals surface area contributed by atoms with Crippen molar-refractivity contribution in [2.75, 3.05) is 26.2 Å². The van der Waals surface area contributed by atoms with Crippen molar-refractivity contribution in [2.45, 2.75) is 31.8 Å². The number of carbonyl (C=O) groups excluding carboxylic acids is 1. The maximum absolute atomic E-state index is 12.2. The molecule has 1 aliphatic rings. The molecule has 2 rings (SSSR count). The van der Waals surface area contributed by atoms with Gasteiger partial charge < -0.3 is 15.4 Å². The standard InChI is InChI=1S/C14H21BrN2O2S.ClH/c15-13-3-2-12(20-13)10-14(18)17-7-4-11(5-8-17)19-9-1-6-16;/h2-3,11H,1,4-10,16H2;1H. The number of rotatable bonds is 6. The van der Waals surface area contributed by atoms with E-state index < -0.39 is 0 Å². The molecule has 0 aromatic carbocycles. The molecule has 2 N–H and O–H groups in total. The van der Waals surface area contributed by atoms with Crippen LogP contribution >= 0.6 is 39.7 Å². The summed E-state index contributed by atoms with van der Waals surface area (Å²) in [5, 5.41) is 0. The molecule has 2 heterocycles. The summed E-state index contributed by atoms with van der Waals surface area (Å²) in [6.07, 6.45) is 3.58. The van der Waals surface area contributed by atoms with Crippen molar-refractivity contribution in [2.24, 2.45) is 5.73 Å². The van der Waals surface area contributed by atoms with Gasteiger partial charge in [0.15, 0.2) is 0 Å². The smallest absolute Gasteiger partial charge is 0.227 e. The highest BCUT2D eigenvalue weighted by atomic mass is 79.9. The van der Waals surface area contributed by atoms with E-state index in [2.05, 4.69) is 15.9 Å². The average molecular weight is 398 g/mol. The summed E-state index contributed by atoms with van der Waals surface area (Å²) >= 11 is 5.05. The summed E-state index contributed by atoms with van der Waals surface area (Å²) in [6, 6.07) is 4.00. The minimum atomic E-state index is 0. The molecule has 1 fully saturated rings. The van der Waals surface area contributed by atoms with Crippen molar-refractivity contribution >= 4 is 45.6 Å². The van der Waals surface area contributed by atoms with E-state index in [1.807, 2.05) is 17.0 Å². The third-order valence-corrected chi connectivity index (χ3v) is 5.07. The summed E-state index contributed by atoms with van der Waals surface area (Å²) in [5.41, 5.74) is 5.45. The van der Waals surface area contributed by atoms with E-state index in [0.717, 1.165) is 47.6 Å². The van der Waals surface area contributed by atoms with Crippen LogP contribution in [-0.2, 0) is 16.0 Å². The number of hydrogen-bond acceptors (Lipinski definition) is 4. The van der Waals surface area contributed by atoms with E-state index in [4.69, 9.17) is 10.5 Å². The molecular weight excluding hydrogens is 376 g/mol. The van der Waals surface area contributed by atoms with Crippen molar-refractivity contribution in [1.29, 1.82) is 0 Å². The van der Waals surface area contributed by atoms with Crippen LogP contribution in [0, 0.1) is 0 Å². The monoisotopic (exact) mass is 396 g/mol. The van der Waals surface area contributed by atoms with E-state index in [0.29, 0.717) is 19.1 Å². The number of amides is 1. The Hall–Kier alpha value is -0.140. The molecule has 4 nitrogen and oxygen atoms in total. The van der Waals surface area contributed by atoms with Gasteiger partial charge in [-0.05, 0) is 53.9 Å². The Bertz CT molecular complexity index is 436. The summed E-state index contributed by atoms with van der Waals surface area (Å²) in [5.74, 6) is 0.222. The van der Waals surface area contributed by atoms with Crippen LogP contribution < -0.4 is 5.73 Å². The number of piperidine rings is 1. The third kappa shape index (κ3) is 6.24. The van der Waals surface area contributed by atoms with Gasteiger partial charge in [0, 0.05) is 24.6 Å². The molecule has 0 atom stereocenters. The second kappa shape index (κ2) is 9.79. The molecule has 1 aliphatic heterocycles. The molecule has 7 heteroatoms. The van der Waals surface area contributed by atoms with Crippen LogP contribution in [0.4, 0.5) is 0 Å². The predicted octanol–water partition coefficient (Wildman–Crippen LogP) is 2.83. The quantitative estimate of drug-likeness (QED) is 0.751. The van der Waals surface area contributed by atoms with Gasteiger partial charge in [-0.1, -0.05) is 0 Å². The van der Waals surface area contributed by atoms with Crippen molar-refractivity contribution < 1.29 is 9.53 Å². The van der Waals surface area contributed by atoms with Crippen LogP contribution in [0.3, 0.4) is 0 Å². The average Bonchev–Trinajstić information content (AvgIpc) is 2.85. The molecule has 1 amide bonds. The molecule has 0 bridgehead atoms. The van der Waals surface area contributed by atoms with E-state index in [1.54, 1.807) is 11.3 Å². The minimum absolute atomic E-state index is 0. The Morgan fingerprint density at radius 3 is 2.71 bits per heavy atom. The first kappa shape index (κ1) is 18.9. The van der Waals surface area contributed by atoms with E-state index in [-0.39, 0.29) is 18.3 Å². The van der Waals surface area contributed by atoms with Gasteiger partial charge in [-0.3, -0.25) is 4.79 Å². The fourth-order valence-electron chi connectivity index (χ4n) is 2.31. The molecule has 21 heavy (non-hydrogen) atoms. The number of thiophene rings is 1. The maximum Gasteiger partial charge on any atom is 0.227 e. The second-order valence-electron chi connectivity index (χ2n) is 4.98. The zero-order chi connectivity index (χ0) is 14.4. The lowest BCUT2D eigenvalue weighted by Crippen LogP contribution is -2.41. The fraction of sp³-hybridized carbons (Fsp3) is 0.643. The molecule has 0 saturated carbocycles. The lowest BCUT2D eigenvalue weighted by Gasteiger charge is -2.32. The molecule has 120 valence electrons. The van der Waals surface area contributed by atoms with Crippen LogP contribution in [0.25, 0.3) is 0 Å². The zero-order valence-corrected chi connectivity index (χ0v) is 15.1. The second-order valence-corrected chi connectivity index (χ2v) is 7.52. The lowest BCUT2D eigenvalue weighted by molar-refractivity contribution is -0.133. The van der Waals surface area contributed by atoms with Gasteiger partial charge in [-0.15, -0.1) is 23.7 Å². The maximum atomic E-state index is 12.2. The van der Waals surface area contributed by atoms with Crippen molar-refractivity contribution in [3.63, 3.8) is 0 Å². The SMILES string of the molecule is Cl.NCCCOC1CCN(C(=O)Cc2ccc(Br)s2)CC1. The molecule has 1 saturated heterocycles. The van der Waals surface area contributed by atoms with Gasteiger partial charge in [0.2, 0.25) is 5.91 Å². The number of nitrogens with two attached hydrogens (primary N) is 1. The van der Waals surface area contributed by atoms with E-state index in [1.165, 1.54) is 0 Å². The summed E-state index contributed by atoms with van der Waals surface area (Å²) in [7, 11) is 0. The molecule has 1 aromatic rings. The third-order valence-electron chi connectivity index (χ3n) is 3.45. The van der Waals surface area contributed by atoms with Crippen LogP contribution in [0.15, 0.2) is 15.9 Å². The number of hydrogen-bond donors (Lipinski definition) is 1. The highest BCUT2D eigenvalue weighted by Crippen LogP contribution is 2.23. The van der Waals surface area contributed by atoms with Gasteiger partial charge in [0.1, 0.15) is 0 Å². The lowest BCUT2D eigenvalue weighted by atomic mass is 10.1. The summed E-state index contributed by atoms with van der Waals surface area (Å²) in [6.45, 7) is 3.02. The molecule has 0 radical (unpaired) electrons. The molecule has 0 unspecified atom stereocenters. The van der Waals surface area contributed by atoms with Crippen molar-refractivity contribution in [1.82, 2.24) is 4.90 Å². The van der Waals surface area contributed by atoms with Crippen molar-refractivity contribution in [3.05, 3.63) is 20.8 Å². The van der Waals surface area contributed by atoms with Gasteiger partial charge in [0.05, 0.1) is 16.3 Å². The molecule has 1 aromatic heterocycles. The Kier molecular flexibility index (Phi) is 8.82. The molecule has 0 spiro atoms. The van der Waals surface area contributed by atoms with E-state index >= 15 is 0 Å². The van der Waals surface area contributed by atoms with E-state index in [9.17, 15) is 4.79 Å². The molecule has 0 aliphatic carbocycles. The van der Waals surface area contributed by atoms with Gasteiger partial charge in [0.25, 0.3) is 0 Å². The Morgan fingerprint density at radius 2 is 2.14 bits per heavy atom. The van der Waals surface area contributed by atoms with Gasteiger partial charge in [-0.25, -0.2) is 0 Å². The molecular formula is C14H22BrClN2O2S. The first-order chi connectivity index (χ1) is 9.69. The van der Waals surface area contributed by atoms with Crippen LogP contribution in [0.1, 0.15) is 24.1 Å². The van der Waals surface area contributed by atoms with Crippen molar-refractivity contribution in [3.8, 4) is 0 Å². The van der Waals surface area contributed by atoms with Crippen LogP contribution in [-0.4, -0.2) is 43.2 Å². The highest BCUT2D eigenvalue weighted by molar-refractivity contribution is 9.11. The number of nitrogens with zero attached hydrogens (tertiary/aromatic N) is 1. The van der Waals surface area contributed by atoms with Gasteiger partial charge in [-0.2, -0.15) is 0 Å². The summed E-state index contributed by atoms with van der Waals surface area (Å²) < 4.78 is 6.83. The number of ether oxygens (including phenoxy) is 1. The number of likely N-dealkylation sites (tertiary alicyclic amines) is 1. The van der Waals surface area contributed by atoms with Gasteiger partial charge >= 0.3 is 0 Å². The zero-order valence-electron chi connectivity index (χ0n) is 11.9. The number of carbonyl (C=O) groups is 1. The Morgan fingerprint density at radius 1 is 1.43 bits per heavy atom. The van der Waals surface area contributed by atoms with Crippen LogP contribution in [0.2, 0.25) is 0 Å². The Labute approximate surface area is 144 Å². The first-order valence-corrected chi connectivity index (χ1v) is 8.63. The van der Waals surface area contributed by atoms with Crippen LogP contribution in [0.5, 0.6) is 0 Å². The Balaban J connectivity index is 0.00000220. The largest absolute Gasteiger partial charge is 0.378 e. The highest BCUT2D eigenvalue weighted by Gasteiger charge is 2.23. The predicted molar refractivity (Wildman–Crippen MR) is 92.2 cm³/mol. The first-order valence-electron chi connectivity index (χ1n) is 7.02. The summed E-state index contributed by atoms with van der Waals surface area (Å²) in [4.78, 5) is 15.3.